The van der Waals surface area contributed by atoms with Crippen LogP contribution in [0.5, 0.6) is 5.75 Å². The molecule has 0 unspecified atom stereocenters. The van der Waals surface area contributed by atoms with E-state index in [1.165, 1.54) is 19.4 Å². The molecule has 7 heteroatoms. The van der Waals surface area contributed by atoms with Crippen molar-refractivity contribution < 1.29 is 14.3 Å². The molecule has 0 spiro atoms. The van der Waals surface area contributed by atoms with E-state index in [-0.39, 0.29) is 11.6 Å². The van der Waals surface area contributed by atoms with Crippen LogP contribution in [0.25, 0.3) is 0 Å². The van der Waals surface area contributed by atoms with Crippen LogP contribution in [0, 0.1) is 0 Å². The molecule has 0 aliphatic carbocycles. The summed E-state index contributed by atoms with van der Waals surface area (Å²) < 4.78 is 5.06. The molecule has 0 radical (unpaired) electrons. The number of nitrogens with one attached hydrogen (secondary N) is 2. The fourth-order valence-corrected chi connectivity index (χ4v) is 2.23. The number of carbonyl (C=O) groups is 2. The summed E-state index contributed by atoms with van der Waals surface area (Å²) in [4.78, 5) is 28.2. The van der Waals surface area contributed by atoms with Gasteiger partial charge in [-0.3, -0.25) is 14.6 Å². The summed E-state index contributed by atoms with van der Waals surface area (Å²) >= 11 is 6.03. The maximum atomic E-state index is 12.3. The lowest BCUT2D eigenvalue weighted by Crippen LogP contribution is -2.24. The van der Waals surface area contributed by atoms with Crippen molar-refractivity contribution in [3.05, 3.63) is 52.8 Å². The van der Waals surface area contributed by atoms with Crippen LogP contribution < -0.4 is 15.4 Å². The number of halogens is 1. The van der Waals surface area contributed by atoms with Crippen molar-refractivity contribution in [2.75, 3.05) is 19.0 Å². The molecule has 0 bridgehead atoms. The van der Waals surface area contributed by atoms with Gasteiger partial charge in [-0.1, -0.05) is 18.5 Å². The zero-order valence-corrected chi connectivity index (χ0v) is 14.2. The van der Waals surface area contributed by atoms with E-state index < -0.39 is 5.91 Å². The zero-order valence-electron chi connectivity index (χ0n) is 13.4. The number of hydrogen-bond acceptors (Lipinski definition) is 4. The van der Waals surface area contributed by atoms with Crippen LogP contribution in [0.1, 0.15) is 34.2 Å². The Morgan fingerprint density at radius 3 is 2.67 bits per heavy atom. The number of ether oxygens (including phenoxy) is 1. The molecule has 2 amide bonds. The lowest BCUT2D eigenvalue weighted by atomic mass is 10.2. The van der Waals surface area contributed by atoms with Crippen molar-refractivity contribution in [2.45, 2.75) is 13.3 Å². The summed E-state index contributed by atoms with van der Waals surface area (Å²) in [6, 6.07) is 7.91. The quantitative estimate of drug-likeness (QED) is 0.841. The normalized spacial score (nSPS) is 10.1. The first kappa shape index (κ1) is 17.7. The van der Waals surface area contributed by atoms with Gasteiger partial charge in [0, 0.05) is 24.0 Å². The number of nitrogens with zero attached hydrogens (tertiary/aromatic N) is 1. The van der Waals surface area contributed by atoms with Crippen LogP contribution in [-0.4, -0.2) is 30.5 Å². The summed E-state index contributed by atoms with van der Waals surface area (Å²) in [5.41, 5.74) is 1.04. The smallest absolute Gasteiger partial charge is 0.274 e. The van der Waals surface area contributed by atoms with E-state index in [1.54, 1.807) is 24.3 Å². The van der Waals surface area contributed by atoms with Crippen LogP contribution in [0.15, 0.2) is 36.5 Å². The number of benzene rings is 1. The molecule has 1 aromatic heterocycles. The molecule has 0 atom stereocenters. The van der Waals surface area contributed by atoms with E-state index in [9.17, 15) is 9.59 Å². The second-order valence-corrected chi connectivity index (χ2v) is 5.40. The van der Waals surface area contributed by atoms with Gasteiger partial charge in [-0.2, -0.15) is 0 Å². The average molecular weight is 348 g/mol. The van der Waals surface area contributed by atoms with Gasteiger partial charge in [-0.25, -0.2) is 0 Å². The number of aromatic nitrogens is 1. The molecule has 24 heavy (non-hydrogen) atoms. The second-order valence-electron chi connectivity index (χ2n) is 4.99. The molecular formula is C17H18ClN3O3. The van der Waals surface area contributed by atoms with E-state index in [1.807, 2.05) is 6.92 Å². The Balaban J connectivity index is 2.12. The standard InChI is InChI=1S/C17H18ClN3O3/c1-3-7-20-16(22)11-6-8-19-14(9-11)17(23)21-12-4-5-15(24-2)13(18)10-12/h4-6,8-10H,3,7H2,1-2H3,(H,20,22)(H,21,23). The van der Waals surface area contributed by atoms with Crippen LogP contribution in [-0.2, 0) is 0 Å². The molecule has 2 aromatic rings. The molecule has 0 fully saturated rings. The van der Waals surface area contributed by atoms with Gasteiger partial charge < -0.3 is 15.4 Å². The first-order chi connectivity index (χ1) is 11.5. The number of hydrogen-bond donors (Lipinski definition) is 2. The lowest BCUT2D eigenvalue weighted by Gasteiger charge is -2.08. The van der Waals surface area contributed by atoms with Gasteiger partial charge in [0.15, 0.2) is 0 Å². The molecule has 126 valence electrons. The fourth-order valence-electron chi connectivity index (χ4n) is 1.98. The first-order valence-electron chi connectivity index (χ1n) is 7.44. The van der Waals surface area contributed by atoms with Crippen molar-refractivity contribution in [3.63, 3.8) is 0 Å². The van der Waals surface area contributed by atoms with E-state index in [0.29, 0.717) is 28.6 Å². The van der Waals surface area contributed by atoms with Crippen LogP contribution in [0.3, 0.4) is 0 Å². The Bertz CT molecular complexity index is 750. The average Bonchev–Trinajstić information content (AvgIpc) is 2.60. The van der Waals surface area contributed by atoms with Crippen molar-refractivity contribution in [2.24, 2.45) is 0 Å². The van der Waals surface area contributed by atoms with Crippen molar-refractivity contribution in [1.29, 1.82) is 0 Å². The fraction of sp³-hybridized carbons (Fsp3) is 0.235. The van der Waals surface area contributed by atoms with Gasteiger partial charge in [-0.15, -0.1) is 0 Å². The van der Waals surface area contributed by atoms with Gasteiger partial charge in [0.2, 0.25) is 0 Å². The largest absolute Gasteiger partial charge is 0.495 e. The zero-order chi connectivity index (χ0) is 17.5. The van der Waals surface area contributed by atoms with Gasteiger partial charge in [0.05, 0.1) is 12.1 Å². The van der Waals surface area contributed by atoms with Crippen LogP contribution in [0.4, 0.5) is 5.69 Å². The summed E-state index contributed by atoms with van der Waals surface area (Å²) in [6.07, 6.45) is 2.26. The Hall–Kier alpha value is -2.60. The Morgan fingerprint density at radius 2 is 2.00 bits per heavy atom. The maximum absolute atomic E-state index is 12.3. The molecule has 0 saturated heterocycles. The van der Waals surface area contributed by atoms with Crippen molar-refractivity contribution >= 4 is 29.1 Å². The number of amides is 2. The van der Waals surface area contributed by atoms with E-state index >= 15 is 0 Å². The van der Waals surface area contributed by atoms with E-state index in [4.69, 9.17) is 16.3 Å². The summed E-state index contributed by atoms with van der Waals surface area (Å²) in [5, 5.41) is 5.83. The molecule has 1 heterocycles. The minimum Gasteiger partial charge on any atom is -0.495 e. The lowest BCUT2D eigenvalue weighted by molar-refractivity contribution is 0.0953. The highest BCUT2D eigenvalue weighted by Gasteiger charge is 2.12. The third-order valence-electron chi connectivity index (χ3n) is 3.20. The van der Waals surface area contributed by atoms with Gasteiger partial charge >= 0.3 is 0 Å². The molecule has 0 aliphatic rings. The maximum Gasteiger partial charge on any atom is 0.274 e. The Labute approximate surface area is 145 Å². The highest BCUT2D eigenvalue weighted by molar-refractivity contribution is 6.32. The topological polar surface area (TPSA) is 80.3 Å². The highest BCUT2D eigenvalue weighted by atomic mass is 35.5. The predicted molar refractivity (Wildman–Crippen MR) is 92.8 cm³/mol. The molecule has 6 nitrogen and oxygen atoms in total. The van der Waals surface area contributed by atoms with Crippen molar-refractivity contribution in [1.82, 2.24) is 10.3 Å². The SMILES string of the molecule is CCCNC(=O)c1ccnc(C(=O)Nc2ccc(OC)c(Cl)c2)c1. The van der Waals surface area contributed by atoms with E-state index in [2.05, 4.69) is 15.6 Å². The van der Waals surface area contributed by atoms with Gasteiger partial charge in [0.1, 0.15) is 11.4 Å². The number of carbonyl (C=O) groups excluding carboxylic acids is 2. The molecule has 2 rings (SSSR count). The second kappa shape index (κ2) is 8.31. The minimum atomic E-state index is -0.429. The number of anilines is 1. The minimum absolute atomic E-state index is 0.145. The van der Waals surface area contributed by atoms with Crippen molar-refractivity contribution in [3.8, 4) is 5.75 Å². The predicted octanol–water partition coefficient (Wildman–Crippen LogP) is 3.14. The summed E-state index contributed by atoms with van der Waals surface area (Å²) in [6.45, 7) is 2.54. The van der Waals surface area contributed by atoms with Gasteiger partial charge in [0.25, 0.3) is 11.8 Å². The third-order valence-corrected chi connectivity index (χ3v) is 3.50. The Kier molecular flexibility index (Phi) is 6.14. The number of rotatable bonds is 6. The summed E-state index contributed by atoms with van der Waals surface area (Å²) in [5.74, 6) is -0.149. The molecule has 2 N–H and O–H groups in total. The summed E-state index contributed by atoms with van der Waals surface area (Å²) in [7, 11) is 1.51. The molecular weight excluding hydrogens is 330 g/mol. The molecule has 1 aromatic carbocycles. The van der Waals surface area contributed by atoms with Crippen LogP contribution >= 0.6 is 11.6 Å². The monoisotopic (exact) mass is 347 g/mol. The molecule has 0 aliphatic heterocycles. The van der Waals surface area contributed by atoms with Gasteiger partial charge in [-0.05, 0) is 36.8 Å². The highest BCUT2D eigenvalue weighted by Crippen LogP contribution is 2.27. The number of methoxy groups -OCH3 is 1. The van der Waals surface area contributed by atoms with Crippen LogP contribution in [0.2, 0.25) is 5.02 Å². The number of pyridine rings is 1. The first-order valence-corrected chi connectivity index (χ1v) is 7.82. The third kappa shape index (κ3) is 4.45. The Morgan fingerprint density at radius 1 is 1.21 bits per heavy atom. The van der Waals surface area contributed by atoms with E-state index in [0.717, 1.165) is 6.42 Å². The molecule has 0 saturated carbocycles.